The third-order valence-corrected chi connectivity index (χ3v) is 3.80. The Hall–Kier alpha value is -0.0400. The summed E-state index contributed by atoms with van der Waals surface area (Å²) < 4.78 is 0. The van der Waals surface area contributed by atoms with E-state index in [9.17, 15) is 0 Å². The van der Waals surface area contributed by atoms with Gasteiger partial charge in [0.15, 0.2) is 0 Å². The van der Waals surface area contributed by atoms with Crippen molar-refractivity contribution in [3.8, 4) is 0 Å². The molecule has 0 aliphatic heterocycles. The van der Waals surface area contributed by atoms with E-state index in [2.05, 4.69) is 39.5 Å². The number of rotatable bonds is 11. The first-order valence-electron chi connectivity index (χ1n) is 7.95. The van der Waals surface area contributed by atoms with Crippen LogP contribution in [0, 0.1) is 0 Å². The highest BCUT2D eigenvalue weighted by molar-refractivity contribution is 4.89. The Morgan fingerprint density at radius 1 is 0.588 bits per heavy atom. The highest BCUT2D eigenvalue weighted by Crippen LogP contribution is 2.32. The van der Waals surface area contributed by atoms with Gasteiger partial charge in [-0.25, -0.2) is 0 Å². The van der Waals surface area contributed by atoms with E-state index in [0.29, 0.717) is 5.54 Å². The lowest BCUT2D eigenvalue weighted by atomic mass is 9.82. The molecule has 1 nitrogen and oxygen atoms in total. The van der Waals surface area contributed by atoms with E-state index in [1.54, 1.807) is 0 Å². The molecule has 104 valence electrons. The summed E-state index contributed by atoms with van der Waals surface area (Å²) in [6, 6.07) is 0. The summed E-state index contributed by atoms with van der Waals surface area (Å²) in [5.41, 5.74) is 0.504. The van der Waals surface area contributed by atoms with E-state index in [-0.39, 0.29) is 0 Å². The first-order chi connectivity index (χ1) is 8.20. The molecular formula is C16H35N. The maximum atomic E-state index is 2.81. The van der Waals surface area contributed by atoms with E-state index < -0.39 is 0 Å². The van der Waals surface area contributed by atoms with Crippen molar-refractivity contribution in [3.05, 3.63) is 0 Å². The Morgan fingerprint density at radius 2 is 0.941 bits per heavy atom. The van der Waals surface area contributed by atoms with Gasteiger partial charge in [-0.15, -0.1) is 0 Å². The lowest BCUT2D eigenvalue weighted by Crippen LogP contribution is -2.49. The molecule has 0 fully saturated rings. The maximum Gasteiger partial charge on any atom is 0.0209 e. The van der Waals surface area contributed by atoms with Gasteiger partial charge in [-0.3, -0.25) is 4.90 Å². The topological polar surface area (TPSA) is 3.24 Å². The van der Waals surface area contributed by atoms with Gasteiger partial charge in [0.25, 0.3) is 0 Å². The van der Waals surface area contributed by atoms with Crippen LogP contribution in [0.3, 0.4) is 0 Å². The minimum absolute atomic E-state index is 0.504. The molecule has 1 heteroatoms. The van der Waals surface area contributed by atoms with Crippen LogP contribution in [0.15, 0.2) is 0 Å². The summed E-state index contributed by atoms with van der Waals surface area (Å²) in [6.45, 7) is 14.2. The number of hydrogen-bond acceptors (Lipinski definition) is 1. The number of nitrogens with zero attached hydrogens (tertiary/aromatic N) is 1. The van der Waals surface area contributed by atoms with Gasteiger partial charge in [0.2, 0.25) is 0 Å². The second-order valence-electron chi connectivity index (χ2n) is 5.46. The Bertz CT molecular complexity index is 142. The van der Waals surface area contributed by atoms with Gasteiger partial charge in [-0.2, -0.15) is 0 Å². The van der Waals surface area contributed by atoms with Gasteiger partial charge in [0.05, 0.1) is 0 Å². The Kier molecular flexibility index (Phi) is 9.91. The van der Waals surface area contributed by atoms with E-state index in [0.717, 1.165) is 0 Å². The Morgan fingerprint density at radius 3 is 1.18 bits per heavy atom. The summed E-state index contributed by atoms with van der Waals surface area (Å²) >= 11 is 0. The molecule has 0 bridgehead atoms. The molecule has 0 radical (unpaired) electrons. The predicted octanol–water partition coefficient (Wildman–Crippen LogP) is 5.25. The van der Waals surface area contributed by atoms with Crippen LogP contribution in [0.1, 0.15) is 86.0 Å². The largest absolute Gasteiger partial charge is 0.298 e. The van der Waals surface area contributed by atoms with Crippen LogP contribution < -0.4 is 0 Å². The summed E-state index contributed by atoms with van der Waals surface area (Å²) in [5.74, 6) is 0. The van der Waals surface area contributed by atoms with Gasteiger partial charge < -0.3 is 0 Å². The average molecular weight is 241 g/mol. The van der Waals surface area contributed by atoms with Crippen molar-refractivity contribution in [2.75, 3.05) is 13.1 Å². The highest BCUT2D eigenvalue weighted by atomic mass is 15.2. The van der Waals surface area contributed by atoms with Crippen LogP contribution >= 0.6 is 0 Å². The fourth-order valence-electron chi connectivity index (χ4n) is 3.37. The molecule has 0 aliphatic rings. The van der Waals surface area contributed by atoms with Crippen molar-refractivity contribution < 1.29 is 0 Å². The monoisotopic (exact) mass is 241 g/mol. The predicted molar refractivity (Wildman–Crippen MR) is 79.6 cm³/mol. The minimum Gasteiger partial charge on any atom is -0.298 e. The van der Waals surface area contributed by atoms with Crippen LogP contribution in [0.25, 0.3) is 0 Å². The van der Waals surface area contributed by atoms with Gasteiger partial charge in [-0.05, 0) is 45.2 Å². The summed E-state index contributed by atoms with van der Waals surface area (Å²) in [7, 11) is 0. The first kappa shape index (κ1) is 17.0. The molecule has 0 aliphatic carbocycles. The first-order valence-corrected chi connectivity index (χ1v) is 7.95. The minimum atomic E-state index is 0.504. The summed E-state index contributed by atoms with van der Waals surface area (Å²) in [5, 5.41) is 0. The zero-order valence-electron chi connectivity index (χ0n) is 13.0. The molecule has 0 aromatic rings. The standard InChI is InChI=1S/C16H35N/c1-6-11-16(12-7-2,13-8-3)17(14-9-4)15-10-5/h6-15H2,1-5H3. The second-order valence-corrected chi connectivity index (χ2v) is 5.46. The van der Waals surface area contributed by atoms with E-state index in [1.807, 2.05) is 0 Å². The van der Waals surface area contributed by atoms with Crippen molar-refractivity contribution in [2.24, 2.45) is 0 Å². The third kappa shape index (κ3) is 5.42. The quantitative estimate of drug-likeness (QED) is 0.477. The fraction of sp³-hybridized carbons (Fsp3) is 1.00. The normalized spacial score (nSPS) is 12.4. The molecule has 0 spiro atoms. The van der Waals surface area contributed by atoms with Crippen LogP contribution in [0.2, 0.25) is 0 Å². The summed E-state index contributed by atoms with van der Waals surface area (Å²) in [6.07, 6.45) is 10.7. The SMILES string of the molecule is CCCN(CCC)C(CCC)(CCC)CCC. The zero-order chi connectivity index (χ0) is 13.1. The lowest BCUT2D eigenvalue weighted by Gasteiger charge is -2.45. The van der Waals surface area contributed by atoms with Crippen LogP contribution in [0.5, 0.6) is 0 Å². The molecule has 0 unspecified atom stereocenters. The molecule has 17 heavy (non-hydrogen) atoms. The number of hydrogen-bond donors (Lipinski definition) is 0. The average Bonchev–Trinajstić information content (AvgIpc) is 2.29. The van der Waals surface area contributed by atoms with Crippen LogP contribution in [0.4, 0.5) is 0 Å². The van der Waals surface area contributed by atoms with Crippen molar-refractivity contribution in [1.82, 2.24) is 4.90 Å². The van der Waals surface area contributed by atoms with Crippen LogP contribution in [-0.4, -0.2) is 23.5 Å². The smallest absolute Gasteiger partial charge is 0.0209 e. The molecular weight excluding hydrogens is 206 g/mol. The molecule has 0 N–H and O–H groups in total. The lowest BCUT2D eigenvalue weighted by molar-refractivity contribution is 0.0576. The van der Waals surface area contributed by atoms with Crippen molar-refractivity contribution in [1.29, 1.82) is 0 Å². The van der Waals surface area contributed by atoms with Crippen molar-refractivity contribution >= 4 is 0 Å². The summed E-state index contributed by atoms with van der Waals surface area (Å²) in [4.78, 5) is 2.81. The fourth-order valence-corrected chi connectivity index (χ4v) is 3.37. The highest BCUT2D eigenvalue weighted by Gasteiger charge is 2.32. The molecule has 0 aromatic heterocycles. The van der Waals surface area contributed by atoms with Gasteiger partial charge in [0, 0.05) is 5.54 Å². The van der Waals surface area contributed by atoms with E-state index >= 15 is 0 Å². The van der Waals surface area contributed by atoms with Crippen LogP contribution in [-0.2, 0) is 0 Å². The second kappa shape index (κ2) is 9.94. The molecule has 0 saturated carbocycles. The Labute approximate surface area is 110 Å². The molecule has 0 rings (SSSR count). The molecule has 0 heterocycles. The molecule has 0 saturated heterocycles. The maximum absolute atomic E-state index is 2.81. The molecule has 0 atom stereocenters. The van der Waals surface area contributed by atoms with Crippen molar-refractivity contribution in [2.45, 2.75) is 91.5 Å². The molecule has 0 amide bonds. The third-order valence-electron chi connectivity index (χ3n) is 3.80. The Balaban J connectivity index is 4.87. The van der Waals surface area contributed by atoms with E-state index in [1.165, 1.54) is 64.5 Å². The van der Waals surface area contributed by atoms with Crippen molar-refractivity contribution in [3.63, 3.8) is 0 Å². The van der Waals surface area contributed by atoms with Gasteiger partial charge >= 0.3 is 0 Å². The van der Waals surface area contributed by atoms with E-state index in [4.69, 9.17) is 0 Å². The zero-order valence-corrected chi connectivity index (χ0v) is 13.0. The molecule has 0 aromatic carbocycles. The van der Waals surface area contributed by atoms with Gasteiger partial charge in [-0.1, -0.05) is 53.9 Å². The van der Waals surface area contributed by atoms with Gasteiger partial charge in [0.1, 0.15) is 0 Å².